The molecule has 0 saturated carbocycles. The molecule has 1 aromatic rings. The zero-order chi connectivity index (χ0) is 16.0. The number of thiazole rings is 1. The maximum absolute atomic E-state index is 4.99. The van der Waals surface area contributed by atoms with Crippen LogP contribution in [0.3, 0.4) is 0 Å². The third-order valence-electron chi connectivity index (χ3n) is 3.50. The van der Waals surface area contributed by atoms with Crippen molar-refractivity contribution in [3.05, 3.63) is 10.6 Å². The van der Waals surface area contributed by atoms with E-state index in [0.717, 1.165) is 19.6 Å². The molecule has 0 atom stereocenters. The molecule has 1 N–H and O–H groups in total. The summed E-state index contributed by atoms with van der Waals surface area (Å²) in [5, 5.41) is 4.73. The highest BCUT2D eigenvalue weighted by molar-refractivity contribution is 7.15. The normalized spacial score (nSPS) is 12.2. The summed E-state index contributed by atoms with van der Waals surface area (Å²) < 4.78 is 0. The third kappa shape index (κ3) is 5.59. The fourth-order valence-corrected chi connectivity index (χ4v) is 3.53. The summed E-state index contributed by atoms with van der Waals surface area (Å²) in [6.07, 6.45) is 2.47. The zero-order valence-corrected chi connectivity index (χ0v) is 15.7. The molecule has 0 unspecified atom stereocenters. The fourth-order valence-electron chi connectivity index (χ4n) is 2.22. The van der Waals surface area contributed by atoms with E-state index in [1.54, 1.807) is 0 Å². The quantitative estimate of drug-likeness (QED) is 0.762. The molecule has 0 amide bonds. The molecule has 3 nitrogen and oxygen atoms in total. The van der Waals surface area contributed by atoms with E-state index in [1.807, 2.05) is 11.3 Å². The Balaban J connectivity index is 3.00. The lowest BCUT2D eigenvalue weighted by molar-refractivity contribution is 0.545. The number of unbranched alkanes of at least 4 members (excludes halogenated alkanes) is 1. The lowest BCUT2D eigenvalue weighted by Gasteiger charge is -2.20. The van der Waals surface area contributed by atoms with Crippen LogP contribution in [0.2, 0.25) is 0 Å². The zero-order valence-electron chi connectivity index (χ0n) is 14.9. The van der Waals surface area contributed by atoms with Crippen molar-refractivity contribution in [1.29, 1.82) is 0 Å². The van der Waals surface area contributed by atoms with Crippen molar-refractivity contribution in [2.45, 2.75) is 79.3 Å². The largest absolute Gasteiger partial charge is 0.348 e. The SMILES string of the molecule is CCCCN(CC)c1nc(C(C)(C)C)c(CNC(C)C)s1. The molecule has 0 fully saturated rings. The molecule has 4 heteroatoms. The monoisotopic (exact) mass is 311 g/mol. The average Bonchev–Trinajstić information content (AvgIpc) is 2.81. The molecular weight excluding hydrogens is 278 g/mol. The summed E-state index contributed by atoms with van der Waals surface area (Å²) >= 11 is 1.86. The molecule has 1 heterocycles. The van der Waals surface area contributed by atoms with E-state index < -0.39 is 0 Å². The number of hydrogen-bond donors (Lipinski definition) is 1. The molecule has 1 rings (SSSR count). The number of nitrogens with zero attached hydrogens (tertiary/aromatic N) is 2. The smallest absolute Gasteiger partial charge is 0.185 e. The molecule has 0 aliphatic heterocycles. The Morgan fingerprint density at radius 2 is 1.90 bits per heavy atom. The Hall–Kier alpha value is -0.610. The van der Waals surface area contributed by atoms with Crippen LogP contribution in [0, 0.1) is 0 Å². The Morgan fingerprint density at radius 3 is 2.38 bits per heavy atom. The Bertz CT molecular complexity index is 418. The van der Waals surface area contributed by atoms with Gasteiger partial charge in [0.15, 0.2) is 5.13 Å². The van der Waals surface area contributed by atoms with Gasteiger partial charge < -0.3 is 10.2 Å². The van der Waals surface area contributed by atoms with E-state index in [2.05, 4.69) is 58.7 Å². The standard InChI is InChI=1S/C17H33N3S/c1-8-10-11-20(9-2)16-19-15(17(5,6)7)14(21-16)12-18-13(3)4/h13,18H,8-12H2,1-7H3. The lowest BCUT2D eigenvalue weighted by atomic mass is 9.91. The van der Waals surface area contributed by atoms with Crippen LogP contribution in [0.1, 0.15) is 71.9 Å². The van der Waals surface area contributed by atoms with Crippen LogP contribution in [0.4, 0.5) is 5.13 Å². The first-order chi connectivity index (χ1) is 9.79. The van der Waals surface area contributed by atoms with Crippen LogP contribution in [0.15, 0.2) is 0 Å². The van der Waals surface area contributed by atoms with Crippen molar-refractivity contribution in [3.63, 3.8) is 0 Å². The van der Waals surface area contributed by atoms with Gasteiger partial charge in [-0.2, -0.15) is 0 Å². The topological polar surface area (TPSA) is 28.2 Å². The van der Waals surface area contributed by atoms with Gasteiger partial charge in [0.25, 0.3) is 0 Å². The number of anilines is 1. The number of rotatable bonds is 8. The summed E-state index contributed by atoms with van der Waals surface area (Å²) in [5.74, 6) is 0. The van der Waals surface area contributed by atoms with Gasteiger partial charge >= 0.3 is 0 Å². The van der Waals surface area contributed by atoms with Gasteiger partial charge in [-0.3, -0.25) is 0 Å². The van der Waals surface area contributed by atoms with Gasteiger partial charge in [0.1, 0.15) is 0 Å². The van der Waals surface area contributed by atoms with Crippen LogP contribution in [0.25, 0.3) is 0 Å². The second kappa shape index (κ2) is 8.14. The van der Waals surface area contributed by atoms with E-state index >= 15 is 0 Å². The molecule has 21 heavy (non-hydrogen) atoms. The van der Waals surface area contributed by atoms with Gasteiger partial charge in [0, 0.05) is 36.0 Å². The molecule has 0 aromatic carbocycles. The second-order valence-electron chi connectivity index (χ2n) is 6.99. The molecule has 1 aromatic heterocycles. The van der Waals surface area contributed by atoms with E-state index in [4.69, 9.17) is 4.98 Å². The van der Waals surface area contributed by atoms with Crippen LogP contribution in [-0.4, -0.2) is 24.1 Å². The Kier molecular flexibility index (Phi) is 7.14. The first-order valence-electron chi connectivity index (χ1n) is 8.28. The molecule has 122 valence electrons. The minimum Gasteiger partial charge on any atom is -0.348 e. The Morgan fingerprint density at radius 1 is 1.24 bits per heavy atom. The van der Waals surface area contributed by atoms with Crippen molar-refractivity contribution in [2.24, 2.45) is 0 Å². The van der Waals surface area contributed by atoms with Gasteiger partial charge in [-0.15, -0.1) is 11.3 Å². The van der Waals surface area contributed by atoms with Crippen molar-refractivity contribution >= 4 is 16.5 Å². The van der Waals surface area contributed by atoms with E-state index in [-0.39, 0.29) is 5.41 Å². The highest BCUT2D eigenvalue weighted by atomic mass is 32.1. The van der Waals surface area contributed by atoms with E-state index in [0.29, 0.717) is 6.04 Å². The summed E-state index contributed by atoms with van der Waals surface area (Å²) in [4.78, 5) is 8.80. The summed E-state index contributed by atoms with van der Waals surface area (Å²) in [6.45, 7) is 18.7. The van der Waals surface area contributed by atoms with Gasteiger partial charge in [0.05, 0.1) is 5.69 Å². The molecule has 0 aliphatic rings. The average molecular weight is 312 g/mol. The first kappa shape index (κ1) is 18.4. The molecule has 0 saturated heterocycles. The Labute approximate surface area is 135 Å². The molecule has 0 aliphatic carbocycles. The number of nitrogens with one attached hydrogen (secondary N) is 1. The summed E-state index contributed by atoms with van der Waals surface area (Å²) in [6, 6.07) is 0.505. The van der Waals surface area contributed by atoms with Crippen molar-refractivity contribution in [2.75, 3.05) is 18.0 Å². The summed E-state index contributed by atoms with van der Waals surface area (Å²) in [7, 11) is 0. The molecule has 0 spiro atoms. The van der Waals surface area contributed by atoms with Crippen LogP contribution in [-0.2, 0) is 12.0 Å². The number of hydrogen-bond acceptors (Lipinski definition) is 4. The van der Waals surface area contributed by atoms with Gasteiger partial charge in [0.2, 0.25) is 0 Å². The van der Waals surface area contributed by atoms with Gasteiger partial charge in [-0.05, 0) is 13.3 Å². The fraction of sp³-hybridized carbons (Fsp3) is 0.824. The number of aromatic nitrogens is 1. The summed E-state index contributed by atoms with van der Waals surface area (Å²) in [5.41, 5.74) is 1.36. The predicted molar refractivity (Wildman–Crippen MR) is 95.6 cm³/mol. The maximum Gasteiger partial charge on any atom is 0.185 e. The van der Waals surface area contributed by atoms with Crippen LogP contribution in [0.5, 0.6) is 0 Å². The van der Waals surface area contributed by atoms with Crippen LogP contribution >= 0.6 is 11.3 Å². The predicted octanol–water partition coefficient (Wildman–Crippen LogP) is 4.57. The molecule has 0 radical (unpaired) electrons. The van der Waals surface area contributed by atoms with Gasteiger partial charge in [-0.1, -0.05) is 48.0 Å². The van der Waals surface area contributed by atoms with Crippen molar-refractivity contribution in [1.82, 2.24) is 10.3 Å². The lowest BCUT2D eigenvalue weighted by Crippen LogP contribution is -2.24. The van der Waals surface area contributed by atoms with E-state index in [1.165, 1.54) is 28.5 Å². The first-order valence-corrected chi connectivity index (χ1v) is 9.09. The minimum atomic E-state index is 0.104. The third-order valence-corrected chi connectivity index (χ3v) is 4.62. The minimum absolute atomic E-state index is 0.104. The van der Waals surface area contributed by atoms with Gasteiger partial charge in [-0.25, -0.2) is 4.98 Å². The highest BCUT2D eigenvalue weighted by Crippen LogP contribution is 2.34. The van der Waals surface area contributed by atoms with Crippen molar-refractivity contribution in [3.8, 4) is 0 Å². The van der Waals surface area contributed by atoms with Crippen molar-refractivity contribution < 1.29 is 0 Å². The van der Waals surface area contributed by atoms with Crippen LogP contribution < -0.4 is 10.2 Å². The molecular formula is C17H33N3S. The maximum atomic E-state index is 4.99. The van der Waals surface area contributed by atoms with E-state index in [9.17, 15) is 0 Å². The molecule has 0 bridgehead atoms. The highest BCUT2D eigenvalue weighted by Gasteiger charge is 2.24. The second-order valence-corrected chi connectivity index (χ2v) is 8.05.